The lowest BCUT2D eigenvalue weighted by molar-refractivity contribution is 0.0905. The predicted molar refractivity (Wildman–Crippen MR) is 86.3 cm³/mol. The zero-order valence-electron chi connectivity index (χ0n) is 12.6. The van der Waals surface area contributed by atoms with Crippen LogP contribution in [0.1, 0.15) is 36.0 Å². The van der Waals surface area contributed by atoms with Gasteiger partial charge in [0, 0.05) is 12.1 Å². The topological polar surface area (TPSA) is 69.0 Å². The number of carbonyl (C=O) groups excluding carboxylic acids is 1. The molecule has 2 aliphatic rings. The second kappa shape index (κ2) is 5.30. The predicted octanol–water partition coefficient (Wildman–Crippen LogP) is 2.41. The molecule has 2 saturated heterocycles. The van der Waals surface area contributed by atoms with E-state index in [1.807, 2.05) is 30.3 Å². The number of Topliss-reactive ketones (excluding diaryl/α,β-unsaturated/α-hetero) is 1. The molecule has 3 heterocycles. The zero-order chi connectivity index (χ0) is 16.0. The van der Waals surface area contributed by atoms with Gasteiger partial charge in [0.15, 0.2) is 15.6 Å². The molecule has 2 fully saturated rings. The normalized spacial score (nSPS) is 28.6. The molecule has 0 saturated carbocycles. The molecule has 2 aliphatic heterocycles. The third-order valence-corrected chi connectivity index (χ3v) is 7.81. The van der Waals surface area contributed by atoms with Gasteiger partial charge in [-0.1, -0.05) is 18.2 Å². The van der Waals surface area contributed by atoms with Gasteiger partial charge in [-0.2, -0.15) is 5.10 Å². The van der Waals surface area contributed by atoms with Crippen LogP contribution in [0.15, 0.2) is 42.7 Å². The summed E-state index contributed by atoms with van der Waals surface area (Å²) in [5, 5.41) is 3.62. The summed E-state index contributed by atoms with van der Waals surface area (Å²) in [7, 11) is -2.99. The lowest BCUT2D eigenvalue weighted by Gasteiger charge is -2.26. The monoisotopic (exact) mass is 330 g/mol. The summed E-state index contributed by atoms with van der Waals surface area (Å²) in [5.74, 6) is -0.163. The Hall–Kier alpha value is -1.95. The fourth-order valence-electron chi connectivity index (χ4n) is 3.83. The van der Waals surface area contributed by atoms with Crippen molar-refractivity contribution < 1.29 is 13.2 Å². The number of hydrogen-bond acceptors (Lipinski definition) is 4. The molecule has 6 heteroatoms. The minimum atomic E-state index is -2.99. The first-order valence-corrected chi connectivity index (χ1v) is 9.53. The van der Waals surface area contributed by atoms with Crippen LogP contribution < -0.4 is 0 Å². The lowest BCUT2D eigenvalue weighted by Crippen LogP contribution is -2.36. The molecule has 0 amide bonds. The summed E-state index contributed by atoms with van der Waals surface area (Å²) in [4.78, 5) is 12.7. The van der Waals surface area contributed by atoms with Gasteiger partial charge in [-0.3, -0.25) is 4.79 Å². The fourth-order valence-corrected chi connectivity index (χ4v) is 6.30. The molecule has 1 aromatic carbocycles. The highest BCUT2D eigenvalue weighted by Gasteiger charge is 2.48. The van der Waals surface area contributed by atoms with E-state index in [-0.39, 0.29) is 22.2 Å². The van der Waals surface area contributed by atoms with Crippen molar-refractivity contribution in [3.05, 3.63) is 48.3 Å². The summed E-state index contributed by atoms with van der Waals surface area (Å²) < 4.78 is 26.0. The Kier molecular flexibility index (Phi) is 3.37. The summed E-state index contributed by atoms with van der Waals surface area (Å²) in [5.41, 5.74) is 1.47. The van der Waals surface area contributed by atoms with Crippen LogP contribution in [0.3, 0.4) is 0 Å². The molecule has 0 spiro atoms. The van der Waals surface area contributed by atoms with E-state index in [4.69, 9.17) is 0 Å². The number of fused-ring (bicyclic) bond motifs is 2. The Morgan fingerprint density at radius 1 is 1.09 bits per heavy atom. The van der Waals surface area contributed by atoms with Gasteiger partial charge in [0.25, 0.3) is 0 Å². The van der Waals surface area contributed by atoms with E-state index in [2.05, 4.69) is 5.10 Å². The molecule has 4 rings (SSSR count). The number of hydrogen-bond donors (Lipinski definition) is 0. The maximum atomic E-state index is 12.7. The molecule has 2 atom stereocenters. The Bertz CT molecular complexity index is 822. The third kappa shape index (κ3) is 2.41. The van der Waals surface area contributed by atoms with E-state index in [0.717, 1.165) is 5.69 Å². The van der Waals surface area contributed by atoms with Crippen molar-refractivity contribution in [2.24, 2.45) is 5.92 Å². The molecule has 1 aromatic heterocycles. The number of rotatable bonds is 3. The van der Waals surface area contributed by atoms with Crippen molar-refractivity contribution >= 4 is 15.6 Å². The molecule has 0 aliphatic carbocycles. The van der Waals surface area contributed by atoms with Crippen LogP contribution in [-0.2, 0) is 9.84 Å². The first kappa shape index (κ1) is 14.6. The Morgan fingerprint density at radius 3 is 2.39 bits per heavy atom. The molecular weight excluding hydrogens is 312 g/mol. The molecule has 5 nitrogen and oxygen atoms in total. The molecule has 2 aromatic rings. The minimum Gasteiger partial charge on any atom is -0.294 e. The first-order chi connectivity index (χ1) is 11.1. The van der Waals surface area contributed by atoms with Crippen molar-refractivity contribution in [1.82, 2.24) is 9.78 Å². The van der Waals surface area contributed by atoms with E-state index in [1.165, 1.54) is 0 Å². The Balaban J connectivity index is 1.56. The molecule has 0 radical (unpaired) electrons. The van der Waals surface area contributed by atoms with Crippen molar-refractivity contribution in [2.45, 2.75) is 36.2 Å². The van der Waals surface area contributed by atoms with Crippen LogP contribution in [0.2, 0.25) is 0 Å². The molecule has 2 unspecified atom stereocenters. The molecular formula is C17H18N2O3S. The fraction of sp³-hybridized carbons (Fsp3) is 0.412. The van der Waals surface area contributed by atoms with Gasteiger partial charge in [-0.15, -0.1) is 0 Å². The highest BCUT2D eigenvalue weighted by atomic mass is 32.2. The second-order valence-electron chi connectivity index (χ2n) is 6.45. The molecule has 0 N–H and O–H groups in total. The van der Waals surface area contributed by atoms with Gasteiger partial charge in [-0.05, 0) is 37.8 Å². The van der Waals surface area contributed by atoms with E-state index < -0.39 is 9.84 Å². The molecule has 120 valence electrons. The number of ketones is 1. The SMILES string of the molecule is O=C(c1cnn(-c2ccccc2)c1)C1CC2CCC(C1)S2(=O)=O. The highest BCUT2D eigenvalue weighted by molar-refractivity contribution is 7.93. The van der Waals surface area contributed by atoms with Crippen LogP contribution in [0, 0.1) is 5.92 Å². The van der Waals surface area contributed by atoms with Crippen molar-refractivity contribution in [3.63, 3.8) is 0 Å². The van der Waals surface area contributed by atoms with Crippen molar-refractivity contribution in [3.8, 4) is 5.69 Å². The standard InChI is InChI=1S/C17H18N2O3S/c20-17(12-8-15-6-7-16(9-12)23(15,21)22)13-10-18-19(11-13)14-4-2-1-3-5-14/h1-5,10-12,15-16H,6-9H2. The van der Waals surface area contributed by atoms with Crippen LogP contribution in [-0.4, -0.2) is 34.5 Å². The second-order valence-corrected chi connectivity index (χ2v) is 8.96. The summed E-state index contributed by atoms with van der Waals surface area (Å²) in [6.07, 6.45) is 5.67. The minimum absolute atomic E-state index is 0.0268. The maximum absolute atomic E-state index is 12.7. The highest BCUT2D eigenvalue weighted by Crippen LogP contribution is 2.42. The average Bonchev–Trinajstić information content (AvgIpc) is 3.05. The number of para-hydroxylation sites is 1. The van der Waals surface area contributed by atoms with Gasteiger partial charge in [0.05, 0.1) is 27.9 Å². The van der Waals surface area contributed by atoms with Crippen LogP contribution in [0.5, 0.6) is 0 Å². The van der Waals surface area contributed by atoms with Gasteiger partial charge in [0.1, 0.15) is 0 Å². The number of carbonyl (C=O) groups is 1. The third-order valence-electron chi connectivity index (χ3n) is 5.09. The number of sulfone groups is 1. The van der Waals surface area contributed by atoms with Gasteiger partial charge in [-0.25, -0.2) is 13.1 Å². The summed E-state index contributed by atoms with van der Waals surface area (Å²) in [6, 6.07) is 9.62. The number of benzene rings is 1. The maximum Gasteiger partial charge on any atom is 0.169 e. The number of aromatic nitrogens is 2. The summed E-state index contributed by atoms with van der Waals surface area (Å²) >= 11 is 0. The Labute approximate surface area is 135 Å². The van der Waals surface area contributed by atoms with E-state index >= 15 is 0 Å². The quantitative estimate of drug-likeness (QED) is 0.811. The number of nitrogens with zero attached hydrogens (tertiary/aromatic N) is 2. The lowest BCUT2D eigenvalue weighted by atomic mass is 9.92. The van der Waals surface area contributed by atoms with Crippen molar-refractivity contribution in [2.75, 3.05) is 0 Å². The van der Waals surface area contributed by atoms with E-state index in [0.29, 0.717) is 31.2 Å². The summed E-state index contributed by atoms with van der Waals surface area (Å²) in [6.45, 7) is 0. The largest absolute Gasteiger partial charge is 0.294 e. The van der Waals surface area contributed by atoms with Crippen molar-refractivity contribution in [1.29, 1.82) is 0 Å². The van der Waals surface area contributed by atoms with E-state index in [1.54, 1.807) is 17.1 Å². The van der Waals surface area contributed by atoms with Crippen LogP contribution >= 0.6 is 0 Å². The zero-order valence-corrected chi connectivity index (χ0v) is 13.4. The first-order valence-electron chi connectivity index (χ1n) is 7.93. The van der Waals surface area contributed by atoms with Gasteiger partial charge < -0.3 is 0 Å². The average molecular weight is 330 g/mol. The smallest absolute Gasteiger partial charge is 0.169 e. The molecule has 2 bridgehead atoms. The van der Waals surface area contributed by atoms with Crippen LogP contribution in [0.25, 0.3) is 5.69 Å². The molecule has 23 heavy (non-hydrogen) atoms. The van der Waals surface area contributed by atoms with E-state index in [9.17, 15) is 13.2 Å². The van der Waals surface area contributed by atoms with Gasteiger partial charge in [0.2, 0.25) is 0 Å². The van der Waals surface area contributed by atoms with Gasteiger partial charge >= 0.3 is 0 Å². The van der Waals surface area contributed by atoms with Crippen LogP contribution in [0.4, 0.5) is 0 Å². The Morgan fingerprint density at radius 2 is 1.74 bits per heavy atom.